The average molecular weight is 300 g/mol. The fraction of sp³-hybridized carbons (Fsp3) is 1.00. The molecule has 0 aliphatic rings. The molecular weight excluding hydrogens is 276 g/mol. The predicted molar refractivity (Wildman–Crippen MR) is 76.0 cm³/mol. The van der Waals surface area contributed by atoms with Crippen molar-refractivity contribution >= 4 is 23.5 Å². The van der Waals surface area contributed by atoms with Gasteiger partial charge in [0, 0.05) is 7.11 Å². The van der Waals surface area contributed by atoms with Crippen molar-refractivity contribution in [1.82, 2.24) is 0 Å². The van der Waals surface area contributed by atoms with E-state index in [9.17, 15) is 15.3 Å². The first-order valence-electron chi connectivity index (χ1n) is 5.94. The van der Waals surface area contributed by atoms with Gasteiger partial charge < -0.3 is 25.2 Å². The Morgan fingerprint density at radius 1 is 1.00 bits per heavy atom. The lowest BCUT2D eigenvalue weighted by Gasteiger charge is -2.32. The highest BCUT2D eigenvalue weighted by Gasteiger charge is 2.36. The van der Waals surface area contributed by atoms with Crippen molar-refractivity contribution < 1.29 is 25.2 Å². The van der Waals surface area contributed by atoms with Crippen LogP contribution in [0, 0.1) is 0 Å². The Bertz CT molecular complexity index is 202. The normalized spacial score (nSPS) is 18.7. The highest BCUT2D eigenvalue weighted by molar-refractivity contribution is 8.17. The third-order valence-corrected chi connectivity index (χ3v) is 5.17. The lowest BCUT2D eigenvalue weighted by molar-refractivity contribution is -0.125. The van der Waals surface area contributed by atoms with Crippen LogP contribution in [-0.4, -0.2) is 74.6 Å². The van der Waals surface area contributed by atoms with Gasteiger partial charge in [-0.2, -0.15) is 0 Å². The molecule has 5 nitrogen and oxygen atoms in total. The van der Waals surface area contributed by atoms with Gasteiger partial charge in [-0.3, -0.25) is 0 Å². The van der Waals surface area contributed by atoms with Crippen molar-refractivity contribution in [2.24, 2.45) is 0 Å². The maximum absolute atomic E-state index is 10.2. The molecule has 0 heterocycles. The van der Waals surface area contributed by atoms with Gasteiger partial charge in [0.15, 0.2) is 0 Å². The Morgan fingerprint density at radius 2 is 1.50 bits per heavy atom. The van der Waals surface area contributed by atoms with Gasteiger partial charge in [0.05, 0.1) is 11.2 Å². The molecule has 0 saturated heterocycles. The highest BCUT2D eigenvalue weighted by Crippen LogP contribution is 2.30. The van der Waals surface area contributed by atoms with Crippen molar-refractivity contribution in [3.8, 4) is 0 Å². The van der Waals surface area contributed by atoms with E-state index in [-0.39, 0.29) is 4.58 Å². The van der Waals surface area contributed by atoms with Crippen molar-refractivity contribution in [3.05, 3.63) is 0 Å². The SMILES string of the molecule is CCSC(SCC)C(O)C(OC)C(O)C(O)CO. The summed E-state index contributed by atoms with van der Waals surface area (Å²) in [4.78, 5) is 0. The third kappa shape index (κ3) is 5.64. The molecule has 0 fully saturated rings. The van der Waals surface area contributed by atoms with Crippen molar-refractivity contribution in [3.63, 3.8) is 0 Å². The minimum atomic E-state index is -1.32. The van der Waals surface area contributed by atoms with Gasteiger partial charge in [-0.15, -0.1) is 23.5 Å². The number of hydrogen-bond donors (Lipinski definition) is 4. The summed E-state index contributed by atoms with van der Waals surface area (Å²) in [5.41, 5.74) is 0. The van der Waals surface area contributed by atoms with Crippen LogP contribution in [0.4, 0.5) is 0 Å². The summed E-state index contributed by atoms with van der Waals surface area (Å²) in [6.45, 7) is 3.41. The number of hydrogen-bond acceptors (Lipinski definition) is 7. The van der Waals surface area contributed by atoms with Gasteiger partial charge in [-0.1, -0.05) is 13.8 Å². The maximum atomic E-state index is 10.2. The summed E-state index contributed by atoms with van der Waals surface area (Å²) < 4.78 is 4.94. The second-order valence-corrected chi connectivity index (χ2v) is 6.85. The number of aliphatic hydroxyl groups excluding tert-OH is 4. The van der Waals surface area contributed by atoms with E-state index in [0.29, 0.717) is 0 Å². The Balaban J connectivity index is 4.68. The fourth-order valence-electron chi connectivity index (χ4n) is 1.54. The average Bonchev–Trinajstić information content (AvgIpc) is 2.37. The number of rotatable bonds is 10. The smallest absolute Gasteiger partial charge is 0.113 e. The van der Waals surface area contributed by atoms with Crippen molar-refractivity contribution in [1.29, 1.82) is 0 Å². The molecule has 110 valence electrons. The molecule has 0 radical (unpaired) electrons. The van der Waals surface area contributed by atoms with E-state index < -0.39 is 31.0 Å². The van der Waals surface area contributed by atoms with Crippen LogP contribution in [0.2, 0.25) is 0 Å². The second-order valence-electron chi connectivity index (χ2n) is 3.71. The molecule has 0 spiro atoms. The minimum Gasteiger partial charge on any atom is -0.394 e. The molecule has 0 aromatic carbocycles. The molecule has 7 heteroatoms. The number of thioether (sulfide) groups is 2. The van der Waals surface area contributed by atoms with Crippen LogP contribution in [0.3, 0.4) is 0 Å². The quantitative estimate of drug-likeness (QED) is 0.419. The van der Waals surface area contributed by atoms with E-state index in [1.165, 1.54) is 7.11 Å². The Hall–Kier alpha value is 0.500. The lowest BCUT2D eigenvalue weighted by Crippen LogP contribution is -2.49. The molecule has 4 N–H and O–H groups in total. The monoisotopic (exact) mass is 300 g/mol. The highest BCUT2D eigenvalue weighted by atomic mass is 32.2. The van der Waals surface area contributed by atoms with E-state index in [0.717, 1.165) is 11.5 Å². The molecular formula is C11H24O5S2. The van der Waals surface area contributed by atoms with Crippen LogP contribution < -0.4 is 0 Å². The summed E-state index contributed by atoms with van der Waals surface area (Å²) >= 11 is 3.13. The minimum absolute atomic E-state index is 0.134. The molecule has 0 amide bonds. The molecule has 0 bridgehead atoms. The van der Waals surface area contributed by atoms with Crippen LogP contribution in [-0.2, 0) is 4.74 Å². The van der Waals surface area contributed by atoms with E-state index in [2.05, 4.69) is 0 Å². The van der Waals surface area contributed by atoms with Gasteiger partial charge in [-0.05, 0) is 11.5 Å². The Labute approximate surface area is 117 Å². The Kier molecular flexibility index (Phi) is 10.6. The van der Waals surface area contributed by atoms with E-state index in [4.69, 9.17) is 9.84 Å². The predicted octanol–water partition coefficient (Wildman–Crippen LogP) is -0.0913. The number of methoxy groups -OCH3 is 1. The van der Waals surface area contributed by atoms with Crippen LogP contribution in [0.1, 0.15) is 13.8 Å². The second kappa shape index (κ2) is 10.3. The molecule has 4 atom stereocenters. The lowest BCUT2D eigenvalue weighted by atomic mass is 10.0. The molecule has 0 aromatic heterocycles. The molecule has 0 aliphatic carbocycles. The molecule has 0 aromatic rings. The summed E-state index contributed by atoms with van der Waals surface area (Å²) in [6.07, 6.45) is -4.47. The zero-order valence-electron chi connectivity index (χ0n) is 11.0. The molecule has 0 aliphatic heterocycles. The van der Waals surface area contributed by atoms with E-state index in [1.54, 1.807) is 23.5 Å². The van der Waals surface area contributed by atoms with Crippen LogP contribution in [0.25, 0.3) is 0 Å². The molecule has 0 saturated carbocycles. The van der Waals surface area contributed by atoms with Gasteiger partial charge in [0.1, 0.15) is 24.4 Å². The van der Waals surface area contributed by atoms with Gasteiger partial charge in [0.2, 0.25) is 0 Å². The fourth-order valence-corrected chi connectivity index (χ4v) is 4.10. The summed E-state index contributed by atoms with van der Waals surface area (Å²) in [5.74, 6) is 1.67. The largest absolute Gasteiger partial charge is 0.394 e. The first-order chi connectivity index (χ1) is 8.53. The van der Waals surface area contributed by atoms with Gasteiger partial charge >= 0.3 is 0 Å². The van der Waals surface area contributed by atoms with Crippen LogP contribution in [0.15, 0.2) is 0 Å². The van der Waals surface area contributed by atoms with Crippen molar-refractivity contribution in [2.75, 3.05) is 25.2 Å². The van der Waals surface area contributed by atoms with Gasteiger partial charge in [-0.25, -0.2) is 0 Å². The van der Waals surface area contributed by atoms with E-state index >= 15 is 0 Å². The van der Waals surface area contributed by atoms with Gasteiger partial charge in [0.25, 0.3) is 0 Å². The zero-order chi connectivity index (χ0) is 14.1. The van der Waals surface area contributed by atoms with E-state index in [1.807, 2.05) is 13.8 Å². The summed E-state index contributed by atoms with van der Waals surface area (Å²) in [6, 6.07) is 0. The standard InChI is InChI=1S/C11H24O5S2/c1-4-17-11(18-5-2)9(15)10(16-3)8(14)7(13)6-12/h7-15H,4-6H2,1-3H3. The first kappa shape index (κ1) is 18.5. The van der Waals surface area contributed by atoms with Crippen molar-refractivity contribution in [2.45, 2.75) is 42.8 Å². The van der Waals surface area contributed by atoms with Crippen LogP contribution >= 0.6 is 23.5 Å². The topological polar surface area (TPSA) is 90.2 Å². The molecule has 18 heavy (non-hydrogen) atoms. The van der Waals surface area contributed by atoms with Crippen LogP contribution in [0.5, 0.6) is 0 Å². The summed E-state index contributed by atoms with van der Waals surface area (Å²) in [5, 5.41) is 38.3. The first-order valence-corrected chi connectivity index (χ1v) is 8.04. The number of aliphatic hydroxyl groups is 4. The third-order valence-electron chi connectivity index (χ3n) is 2.47. The zero-order valence-corrected chi connectivity index (χ0v) is 12.7. The summed E-state index contributed by atoms with van der Waals surface area (Å²) in [7, 11) is 1.37. The number of ether oxygens (including phenoxy) is 1. The maximum Gasteiger partial charge on any atom is 0.113 e. The molecule has 0 rings (SSSR count). The Morgan fingerprint density at radius 3 is 1.83 bits per heavy atom. The molecule has 4 unspecified atom stereocenters.